The largest absolute Gasteiger partial charge is 0.496 e. The van der Waals surface area contributed by atoms with E-state index >= 15 is 0 Å². The number of carbonyl (C=O) groups is 1. The maximum atomic E-state index is 13.0. The lowest BCUT2D eigenvalue weighted by Crippen LogP contribution is -2.31. The van der Waals surface area contributed by atoms with Crippen molar-refractivity contribution in [3.8, 4) is 17.2 Å². The lowest BCUT2D eigenvalue weighted by molar-refractivity contribution is 0.0873. The third-order valence-corrected chi connectivity index (χ3v) is 5.36. The number of rotatable bonds is 4. The Morgan fingerprint density at radius 1 is 1.03 bits per heavy atom. The minimum absolute atomic E-state index is 0.126. The SMILES string of the molecule is COc1ccccc1/C=C1\Oc2c(ccc3c2CN(Cc2ccccc2)CO3)C1=O. The molecular formula is C25H21NO4. The highest BCUT2D eigenvalue weighted by molar-refractivity contribution is 6.15. The van der Waals surface area contributed by atoms with Crippen LogP contribution in [-0.4, -0.2) is 24.5 Å². The van der Waals surface area contributed by atoms with E-state index in [1.54, 1.807) is 19.3 Å². The molecule has 0 spiro atoms. The van der Waals surface area contributed by atoms with Gasteiger partial charge in [-0.1, -0.05) is 48.5 Å². The fourth-order valence-corrected chi connectivity index (χ4v) is 3.87. The van der Waals surface area contributed by atoms with E-state index in [9.17, 15) is 4.79 Å². The van der Waals surface area contributed by atoms with Crippen molar-refractivity contribution in [2.45, 2.75) is 13.1 Å². The monoisotopic (exact) mass is 399 g/mol. The zero-order chi connectivity index (χ0) is 20.5. The first-order valence-corrected chi connectivity index (χ1v) is 9.85. The van der Waals surface area contributed by atoms with Crippen LogP contribution in [-0.2, 0) is 13.1 Å². The van der Waals surface area contributed by atoms with E-state index in [1.807, 2.05) is 48.5 Å². The molecule has 2 aliphatic rings. The topological polar surface area (TPSA) is 48.0 Å². The molecule has 2 heterocycles. The molecule has 0 unspecified atom stereocenters. The molecule has 0 aliphatic carbocycles. The lowest BCUT2D eigenvalue weighted by Gasteiger charge is -2.29. The molecule has 3 aromatic rings. The summed E-state index contributed by atoms with van der Waals surface area (Å²) in [6, 6.07) is 21.5. The molecule has 2 aliphatic heterocycles. The van der Waals surface area contributed by atoms with Crippen molar-refractivity contribution >= 4 is 11.9 Å². The summed E-state index contributed by atoms with van der Waals surface area (Å²) in [7, 11) is 1.61. The van der Waals surface area contributed by atoms with Gasteiger partial charge in [-0.2, -0.15) is 0 Å². The summed E-state index contributed by atoms with van der Waals surface area (Å²) >= 11 is 0. The Balaban J connectivity index is 1.45. The van der Waals surface area contributed by atoms with E-state index in [0.29, 0.717) is 36.1 Å². The summed E-state index contributed by atoms with van der Waals surface area (Å²) in [5.74, 6) is 2.22. The van der Waals surface area contributed by atoms with Gasteiger partial charge in [-0.05, 0) is 29.8 Å². The van der Waals surface area contributed by atoms with Crippen LogP contribution in [0, 0.1) is 0 Å². The summed E-state index contributed by atoms with van der Waals surface area (Å²) in [6.45, 7) is 1.92. The van der Waals surface area contributed by atoms with Gasteiger partial charge in [-0.3, -0.25) is 9.69 Å². The minimum Gasteiger partial charge on any atom is -0.496 e. The molecular weight excluding hydrogens is 378 g/mol. The zero-order valence-corrected chi connectivity index (χ0v) is 16.6. The van der Waals surface area contributed by atoms with Crippen LogP contribution in [0.5, 0.6) is 17.2 Å². The van der Waals surface area contributed by atoms with Gasteiger partial charge in [0.25, 0.3) is 0 Å². The third kappa shape index (κ3) is 3.33. The Kier molecular flexibility index (Phi) is 4.73. The Bertz CT molecular complexity index is 1140. The molecule has 5 heteroatoms. The van der Waals surface area contributed by atoms with Gasteiger partial charge in [0.2, 0.25) is 5.78 Å². The van der Waals surface area contributed by atoms with Gasteiger partial charge in [0.15, 0.2) is 5.76 Å². The van der Waals surface area contributed by atoms with Gasteiger partial charge in [-0.25, -0.2) is 0 Å². The summed E-state index contributed by atoms with van der Waals surface area (Å²) in [5.41, 5.74) is 3.49. The van der Waals surface area contributed by atoms with Crippen LogP contribution in [0.4, 0.5) is 0 Å². The van der Waals surface area contributed by atoms with Gasteiger partial charge >= 0.3 is 0 Å². The summed E-state index contributed by atoms with van der Waals surface area (Å²) in [6.07, 6.45) is 1.74. The van der Waals surface area contributed by atoms with Crippen molar-refractivity contribution in [1.29, 1.82) is 0 Å². The van der Waals surface area contributed by atoms with Crippen LogP contribution in [0.2, 0.25) is 0 Å². The number of carbonyl (C=O) groups excluding carboxylic acids is 1. The van der Waals surface area contributed by atoms with Gasteiger partial charge < -0.3 is 14.2 Å². The highest BCUT2D eigenvalue weighted by Gasteiger charge is 2.33. The molecule has 0 N–H and O–H groups in total. The average Bonchev–Trinajstić information content (AvgIpc) is 3.11. The standard InChI is InChI=1S/C25H21NO4/c1-28-21-10-6-5-9-18(21)13-23-24(27)19-11-12-22-20(25(19)30-23)15-26(16-29-22)14-17-7-3-2-4-8-17/h2-13H,14-16H2,1H3/b23-13-. The van der Waals surface area contributed by atoms with Crippen LogP contribution in [0.1, 0.15) is 27.0 Å². The molecule has 30 heavy (non-hydrogen) atoms. The number of Topliss-reactive ketones (excluding diaryl/α,β-unsaturated/α-hetero) is 1. The molecule has 5 nitrogen and oxygen atoms in total. The number of hydrogen-bond donors (Lipinski definition) is 0. The molecule has 0 atom stereocenters. The van der Waals surface area contributed by atoms with Crippen LogP contribution < -0.4 is 14.2 Å². The molecule has 0 amide bonds. The fraction of sp³-hybridized carbons (Fsp3) is 0.160. The maximum Gasteiger partial charge on any atom is 0.231 e. The summed E-state index contributed by atoms with van der Waals surface area (Å²) < 4.78 is 17.4. The zero-order valence-electron chi connectivity index (χ0n) is 16.6. The van der Waals surface area contributed by atoms with E-state index in [-0.39, 0.29) is 5.78 Å². The van der Waals surface area contributed by atoms with Crippen LogP contribution in [0.15, 0.2) is 72.5 Å². The molecule has 150 valence electrons. The predicted octanol–water partition coefficient (Wildman–Crippen LogP) is 4.66. The van der Waals surface area contributed by atoms with Crippen LogP contribution >= 0.6 is 0 Å². The van der Waals surface area contributed by atoms with E-state index in [4.69, 9.17) is 14.2 Å². The second kappa shape index (κ2) is 7.69. The molecule has 0 saturated carbocycles. The van der Waals surface area contributed by atoms with Gasteiger partial charge in [0.1, 0.15) is 24.0 Å². The number of benzene rings is 3. The van der Waals surface area contributed by atoms with Crippen molar-refractivity contribution < 1.29 is 19.0 Å². The number of nitrogens with zero attached hydrogens (tertiary/aromatic N) is 1. The normalized spacial score (nSPS) is 16.6. The molecule has 0 saturated heterocycles. The average molecular weight is 399 g/mol. The van der Waals surface area contributed by atoms with E-state index in [2.05, 4.69) is 17.0 Å². The first-order chi connectivity index (χ1) is 14.7. The first kappa shape index (κ1) is 18.5. The van der Waals surface area contributed by atoms with Crippen molar-refractivity contribution in [2.24, 2.45) is 0 Å². The maximum absolute atomic E-state index is 13.0. The Morgan fingerprint density at radius 3 is 2.67 bits per heavy atom. The number of hydrogen-bond acceptors (Lipinski definition) is 5. The molecule has 3 aromatic carbocycles. The van der Waals surface area contributed by atoms with Gasteiger partial charge in [0, 0.05) is 18.7 Å². The van der Waals surface area contributed by atoms with Crippen LogP contribution in [0.3, 0.4) is 0 Å². The third-order valence-electron chi connectivity index (χ3n) is 5.36. The number of para-hydroxylation sites is 1. The molecule has 0 aromatic heterocycles. The van der Waals surface area contributed by atoms with E-state index in [0.717, 1.165) is 23.4 Å². The van der Waals surface area contributed by atoms with Crippen molar-refractivity contribution in [2.75, 3.05) is 13.8 Å². The fourth-order valence-electron chi connectivity index (χ4n) is 3.87. The number of methoxy groups -OCH3 is 1. The second-order valence-corrected chi connectivity index (χ2v) is 7.35. The number of ether oxygens (including phenoxy) is 3. The lowest BCUT2D eigenvalue weighted by atomic mass is 10.0. The van der Waals surface area contributed by atoms with E-state index in [1.165, 1.54) is 5.56 Å². The smallest absolute Gasteiger partial charge is 0.231 e. The molecule has 0 bridgehead atoms. The minimum atomic E-state index is -0.126. The van der Waals surface area contributed by atoms with Gasteiger partial charge in [0.05, 0.1) is 18.2 Å². The van der Waals surface area contributed by atoms with Crippen molar-refractivity contribution in [3.05, 3.63) is 94.7 Å². The van der Waals surface area contributed by atoms with E-state index < -0.39 is 0 Å². The van der Waals surface area contributed by atoms with Crippen molar-refractivity contribution in [1.82, 2.24) is 4.90 Å². The molecule has 0 radical (unpaired) electrons. The first-order valence-electron chi connectivity index (χ1n) is 9.85. The Morgan fingerprint density at radius 2 is 1.83 bits per heavy atom. The summed E-state index contributed by atoms with van der Waals surface area (Å²) in [4.78, 5) is 15.2. The van der Waals surface area contributed by atoms with Crippen molar-refractivity contribution in [3.63, 3.8) is 0 Å². The van der Waals surface area contributed by atoms with Gasteiger partial charge in [-0.15, -0.1) is 0 Å². The Hall–Kier alpha value is -3.57. The van der Waals surface area contributed by atoms with Crippen LogP contribution in [0.25, 0.3) is 6.08 Å². The quantitative estimate of drug-likeness (QED) is 0.597. The summed E-state index contributed by atoms with van der Waals surface area (Å²) in [5, 5.41) is 0. The Labute approximate surface area is 175 Å². The number of ketones is 1. The predicted molar refractivity (Wildman–Crippen MR) is 114 cm³/mol. The number of allylic oxidation sites excluding steroid dienone is 1. The molecule has 0 fully saturated rings. The second-order valence-electron chi connectivity index (χ2n) is 7.35. The number of fused-ring (bicyclic) bond motifs is 3. The molecule has 5 rings (SSSR count). The highest BCUT2D eigenvalue weighted by Crippen LogP contribution is 2.42. The highest BCUT2D eigenvalue weighted by atomic mass is 16.5.